The van der Waals surface area contributed by atoms with Gasteiger partial charge in [0.15, 0.2) is 0 Å². The normalized spacial score (nSPS) is 13.9. The summed E-state index contributed by atoms with van der Waals surface area (Å²) in [6.07, 6.45) is 0.386. The third-order valence-corrected chi connectivity index (χ3v) is 2.89. The third-order valence-electron chi connectivity index (χ3n) is 2.89. The number of nitrogens with zero attached hydrogens (tertiary/aromatic N) is 1. The number of benzene rings is 1. The summed E-state index contributed by atoms with van der Waals surface area (Å²) < 4.78 is 5.08. The van der Waals surface area contributed by atoms with Crippen LogP contribution in [0.3, 0.4) is 0 Å². The van der Waals surface area contributed by atoms with Crippen molar-refractivity contribution in [3.63, 3.8) is 0 Å². The van der Waals surface area contributed by atoms with Crippen LogP contribution in [0.2, 0.25) is 0 Å². The van der Waals surface area contributed by atoms with Gasteiger partial charge in [0.25, 0.3) is 0 Å². The van der Waals surface area contributed by atoms with Crippen molar-refractivity contribution < 1.29 is 9.84 Å². The molecule has 4 nitrogen and oxygen atoms in total. The molecule has 0 aliphatic rings. The molecule has 1 aromatic carbocycles. The van der Waals surface area contributed by atoms with Gasteiger partial charge in [-0.2, -0.15) is 5.26 Å². The highest BCUT2D eigenvalue weighted by molar-refractivity contribution is 5.32. The van der Waals surface area contributed by atoms with E-state index in [-0.39, 0.29) is 6.04 Å². The van der Waals surface area contributed by atoms with Crippen LogP contribution in [-0.4, -0.2) is 31.4 Å². The van der Waals surface area contributed by atoms with E-state index in [1.165, 1.54) is 0 Å². The van der Waals surface area contributed by atoms with E-state index in [4.69, 9.17) is 10.00 Å². The minimum atomic E-state index is -0.566. The first-order chi connectivity index (χ1) is 8.71. The molecule has 0 aliphatic carbocycles. The second kappa shape index (κ2) is 7.83. The van der Waals surface area contributed by atoms with Gasteiger partial charge in [0.1, 0.15) is 0 Å². The lowest BCUT2D eigenvalue weighted by Crippen LogP contribution is -2.35. The Morgan fingerprint density at radius 2 is 2.06 bits per heavy atom. The van der Waals surface area contributed by atoms with Crippen molar-refractivity contribution >= 4 is 0 Å². The van der Waals surface area contributed by atoms with Crippen molar-refractivity contribution in [1.82, 2.24) is 5.32 Å². The average Bonchev–Trinajstić information content (AvgIpc) is 2.43. The molecule has 2 unspecified atom stereocenters. The van der Waals surface area contributed by atoms with Crippen molar-refractivity contribution in [2.75, 3.05) is 20.3 Å². The Morgan fingerprint density at radius 3 is 2.56 bits per heavy atom. The number of hydrogen-bond donors (Lipinski definition) is 2. The lowest BCUT2D eigenvalue weighted by Gasteiger charge is -2.19. The smallest absolute Gasteiger partial charge is 0.0991 e. The Bertz CT molecular complexity index is 384. The zero-order valence-electron chi connectivity index (χ0n) is 10.9. The molecule has 0 saturated heterocycles. The topological polar surface area (TPSA) is 65.3 Å². The SMILES string of the molecule is CCC(COC)NCC(O)c1ccc(C#N)cc1. The van der Waals surface area contributed by atoms with Gasteiger partial charge in [0.05, 0.1) is 24.3 Å². The predicted octanol–water partition coefficient (Wildman–Crippen LogP) is 1.61. The summed E-state index contributed by atoms with van der Waals surface area (Å²) in [5.41, 5.74) is 1.42. The Kier molecular flexibility index (Phi) is 6.37. The Labute approximate surface area is 108 Å². The number of methoxy groups -OCH3 is 1. The number of nitrogens with one attached hydrogen (secondary N) is 1. The highest BCUT2D eigenvalue weighted by Crippen LogP contribution is 2.13. The van der Waals surface area contributed by atoms with Crippen LogP contribution >= 0.6 is 0 Å². The van der Waals surface area contributed by atoms with E-state index in [1.54, 1.807) is 31.4 Å². The fraction of sp³-hybridized carbons (Fsp3) is 0.500. The quantitative estimate of drug-likeness (QED) is 0.769. The molecule has 0 radical (unpaired) electrons. The molecular weight excluding hydrogens is 228 g/mol. The molecule has 1 aromatic rings. The van der Waals surface area contributed by atoms with Gasteiger partial charge in [-0.3, -0.25) is 0 Å². The van der Waals surface area contributed by atoms with E-state index >= 15 is 0 Å². The summed E-state index contributed by atoms with van der Waals surface area (Å²) in [5.74, 6) is 0. The van der Waals surface area contributed by atoms with Gasteiger partial charge < -0.3 is 15.2 Å². The third kappa shape index (κ3) is 4.46. The van der Waals surface area contributed by atoms with E-state index in [2.05, 4.69) is 18.3 Å². The first-order valence-electron chi connectivity index (χ1n) is 6.11. The van der Waals surface area contributed by atoms with Gasteiger partial charge >= 0.3 is 0 Å². The molecular formula is C14H20N2O2. The lowest BCUT2D eigenvalue weighted by atomic mass is 10.1. The van der Waals surface area contributed by atoms with E-state index in [0.717, 1.165) is 12.0 Å². The van der Waals surface area contributed by atoms with Crippen LogP contribution in [0.1, 0.15) is 30.6 Å². The molecule has 0 fully saturated rings. The van der Waals surface area contributed by atoms with Crippen LogP contribution in [0, 0.1) is 11.3 Å². The van der Waals surface area contributed by atoms with E-state index in [0.29, 0.717) is 18.7 Å². The van der Waals surface area contributed by atoms with Crippen molar-refractivity contribution in [2.24, 2.45) is 0 Å². The van der Waals surface area contributed by atoms with E-state index in [9.17, 15) is 5.11 Å². The number of aliphatic hydroxyl groups is 1. The summed E-state index contributed by atoms with van der Waals surface area (Å²) >= 11 is 0. The fourth-order valence-corrected chi connectivity index (χ4v) is 1.70. The molecule has 0 heterocycles. The summed E-state index contributed by atoms with van der Waals surface area (Å²) in [6.45, 7) is 3.19. The Morgan fingerprint density at radius 1 is 1.39 bits per heavy atom. The number of aliphatic hydroxyl groups excluding tert-OH is 1. The molecule has 0 aliphatic heterocycles. The molecule has 0 aromatic heterocycles. The van der Waals surface area contributed by atoms with Crippen LogP contribution in [0.25, 0.3) is 0 Å². The highest BCUT2D eigenvalue weighted by Gasteiger charge is 2.10. The van der Waals surface area contributed by atoms with E-state index < -0.39 is 6.10 Å². The van der Waals surface area contributed by atoms with Gasteiger partial charge in [-0.25, -0.2) is 0 Å². The minimum Gasteiger partial charge on any atom is -0.387 e. The number of ether oxygens (including phenoxy) is 1. The molecule has 4 heteroatoms. The Balaban J connectivity index is 2.49. The monoisotopic (exact) mass is 248 g/mol. The molecule has 98 valence electrons. The van der Waals surface area contributed by atoms with Crippen LogP contribution in [0.15, 0.2) is 24.3 Å². The summed E-state index contributed by atoms with van der Waals surface area (Å²) in [6, 6.07) is 9.29. The van der Waals surface area contributed by atoms with Crippen LogP contribution < -0.4 is 5.32 Å². The maximum atomic E-state index is 10.0. The molecule has 0 bridgehead atoms. The minimum absolute atomic E-state index is 0.253. The lowest BCUT2D eigenvalue weighted by molar-refractivity contribution is 0.137. The standard InChI is InChI=1S/C14H20N2O2/c1-3-13(10-18-2)16-9-14(17)12-6-4-11(8-15)5-7-12/h4-7,13-14,16-17H,3,9-10H2,1-2H3. The van der Waals surface area contributed by atoms with E-state index in [1.807, 2.05) is 0 Å². The first-order valence-corrected chi connectivity index (χ1v) is 6.11. The van der Waals surface area contributed by atoms with Gasteiger partial charge in [0, 0.05) is 19.7 Å². The van der Waals surface area contributed by atoms with Gasteiger partial charge in [-0.15, -0.1) is 0 Å². The molecule has 0 amide bonds. The summed E-state index contributed by atoms with van der Waals surface area (Å²) in [5, 5.41) is 22.0. The van der Waals surface area contributed by atoms with Crippen LogP contribution in [-0.2, 0) is 4.74 Å². The molecule has 0 spiro atoms. The highest BCUT2D eigenvalue weighted by atomic mass is 16.5. The summed E-state index contributed by atoms with van der Waals surface area (Å²) in [4.78, 5) is 0. The summed E-state index contributed by atoms with van der Waals surface area (Å²) in [7, 11) is 1.67. The first kappa shape index (κ1) is 14.7. The number of nitriles is 1. The second-order valence-corrected chi connectivity index (χ2v) is 4.22. The molecule has 2 atom stereocenters. The maximum Gasteiger partial charge on any atom is 0.0991 e. The zero-order valence-corrected chi connectivity index (χ0v) is 10.9. The van der Waals surface area contributed by atoms with Gasteiger partial charge in [-0.1, -0.05) is 19.1 Å². The van der Waals surface area contributed by atoms with Crippen LogP contribution in [0.4, 0.5) is 0 Å². The number of rotatable bonds is 7. The molecule has 1 rings (SSSR count). The Hall–Kier alpha value is -1.41. The molecule has 0 saturated carbocycles. The van der Waals surface area contributed by atoms with Crippen molar-refractivity contribution in [3.8, 4) is 6.07 Å². The zero-order chi connectivity index (χ0) is 13.4. The second-order valence-electron chi connectivity index (χ2n) is 4.22. The largest absolute Gasteiger partial charge is 0.387 e. The van der Waals surface area contributed by atoms with Crippen molar-refractivity contribution in [3.05, 3.63) is 35.4 Å². The number of hydrogen-bond acceptors (Lipinski definition) is 4. The average molecular weight is 248 g/mol. The molecule has 2 N–H and O–H groups in total. The van der Waals surface area contributed by atoms with Crippen LogP contribution in [0.5, 0.6) is 0 Å². The maximum absolute atomic E-state index is 10.0. The predicted molar refractivity (Wildman–Crippen MR) is 70.1 cm³/mol. The van der Waals surface area contributed by atoms with Gasteiger partial charge in [-0.05, 0) is 24.1 Å². The fourth-order valence-electron chi connectivity index (χ4n) is 1.70. The van der Waals surface area contributed by atoms with Gasteiger partial charge in [0.2, 0.25) is 0 Å². The van der Waals surface area contributed by atoms with Crippen molar-refractivity contribution in [1.29, 1.82) is 5.26 Å². The molecule has 18 heavy (non-hydrogen) atoms. The van der Waals surface area contributed by atoms with Crippen molar-refractivity contribution in [2.45, 2.75) is 25.5 Å².